The van der Waals surface area contributed by atoms with Gasteiger partial charge in [-0.2, -0.15) is 0 Å². The third-order valence-electron chi connectivity index (χ3n) is 13.8. The minimum atomic E-state index is -0.310. The van der Waals surface area contributed by atoms with Gasteiger partial charge in [0.2, 0.25) is 0 Å². The van der Waals surface area contributed by atoms with Gasteiger partial charge in [0.1, 0.15) is 0 Å². The molecule has 0 amide bonds. The van der Waals surface area contributed by atoms with Crippen molar-refractivity contribution in [3.63, 3.8) is 0 Å². The first-order chi connectivity index (χ1) is 29.9. The van der Waals surface area contributed by atoms with Crippen LogP contribution in [0.15, 0.2) is 200 Å². The fourth-order valence-corrected chi connectivity index (χ4v) is 10.7. The maximum atomic E-state index is 5.53. The molecule has 1 heterocycles. The van der Waals surface area contributed by atoms with Crippen molar-refractivity contribution in [3.8, 4) is 67.3 Å². The summed E-state index contributed by atoms with van der Waals surface area (Å²) < 4.78 is 0. The normalized spacial score (nSPS) is 15.7. The highest BCUT2D eigenvalue weighted by atomic mass is 14.9. The highest BCUT2D eigenvalue weighted by Gasteiger charge is 2.42. The molecule has 2 heteroatoms. The second-order valence-electron chi connectivity index (χ2n) is 17.4. The average Bonchev–Trinajstić information content (AvgIpc) is 3.73. The van der Waals surface area contributed by atoms with Crippen LogP contribution in [0.4, 0.5) is 0 Å². The highest BCUT2D eigenvalue weighted by molar-refractivity contribution is 6.07. The summed E-state index contributed by atoms with van der Waals surface area (Å²) in [6.07, 6.45) is 0. The van der Waals surface area contributed by atoms with Gasteiger partial charge in [-0.05, 0) is 108 Å². The first-order valence-electron chi connectivity index (χ1n) is 21.3. The molecule has 0 bridgehead atoms. The van der Waals surface area contributed by atoms with Crippen molar-refractivity contribution in [3.05, 3.63) is 228 Å². The molecule has 0 saturated heterocycles. The molecule has 0 saturated carbocycles. The Kier molecular flexibility index (Phi) is 7.74. The maximum Gasteiger partial charge on any atom is 0.161 e. The summed E-state index contributed by atoms with van der Waals surface area (Å²) in [7, 11) is 0. The molecule has 0 N–H and O–H groups in total. The topological polar surface area (TPSA) is 25.8 Å². The Morgan fingerprint density at radius 2 is 0.967 bits per heavy atom. The minimum absolute atomic E-state index is 0.0842. The van der Waals surface area contributed by atoms with Crippen LogP contribution in [-0.2, 0) is 10.8 Å². The van der Waals surface area contributed by atoms with Crippen molar-refractivity contribution in [2.45, 2.75) is 31.6 Å². The van der Waals surface area contributed by atoms with Crippen LogP contribution in [0.3, 0.4) is 0 Å². The number of nitrogens with zero attached hydrogens (tertiary/aromatic N) is 2. The second kappa shape index (κ2) is 13.3. The van der Waals surface area contributed by atoms with E-state index in [2.05, 4.69) is 221 Å². The fraction of sp³-hybridized carbons (Fsp3) is 0.0847. The molecule has 10 aromatic rings. The summed E-state index contributed by atoms with van der Waals surface area (Å²) in [6, 6.07) is 73.1. The Bertz CT molecular complexity index is 3400. The molecule has 0 spiro atoms. The fourth-order valence-electron chi connectivity index (χ4n) is 10.7. The van der Waals surface area contributed by atoms with Gasteiger partial charge < -0.3 is 0 Å². The molecule has 9 aromatic carbocycles. The van der Waals surface area contributed by atoms with Crippen LogP contribution in [0, 0.1) is 0 Å². The van der Waals surface area contributed by atoms with E-state index < -0.39 is 0 Å². The Morgan fingerprint density at radius 3 is 1.79 bits per heavy atom. The molecule has 12 rings (SSSR count). The van der Waals surface area contributed by atoms with E-state index in [1.165, 1.54) is 77.4 Å². The van der Waals surface area contributed by atoms with Crippen molar-refractivity contribution in [1.82, 2.24) is 9.97 Å². The van der Waals surface area contributed by atoms with Crippen molar-refractivity contribution >= 4 is 21.5 Å². The molecular weight excluding hydrogens is 737 g/mol. The lowest BCUT2D eigenvalue weighted by Crippen LogP contribution is -2.22. The number of aromatic nitrogens is 2. The van der Waals surface area contributed by atoms with Crippen LogP contribution < -0.4 is 0 Å². The smallest absolute Gasteiger partial charge is 0.161 e. The predicted molar refractivity (Wildman–Crippen MR) is 254 cm³/mol. The molecule has 2 aliphatic rings. The lowest BCUT2D eigenvalue weighted by Gasteiger charge is -2.28. The van der Waals surface area contributed by atoms with Gasteiger partial charge in [0.15, 0.2) is 5.82 Å². The van der Waals surface area contributed by atoms with Crippen molar-refractivity contribution < 1.29 is 0 Å². The van der Waals surface area contributed by atoms with Gasteiger partial charge >= 0.3 is 0 Å². The Balaban J connectivity index is 1.05. The van der Waals surface area contributed by atoms with Gasteiger partial charge in [0, 0.05) is 27.5 Å². The molecule has 1 unspecified atom stereocenters. The molecule has 0 fully saturated rings. The van der Waals surface area contributed by atoms with Gasteiger partial charge in [-0.15, -0.1) is 0 Å². The van der Waals surface area contributed by atoms with E-state index >= 15 is 0 Å². The van der Waals surface area contributed by atoms with Crippen LogP contribution in [0.2, 0.25) is 0 Å². The van der Waals surface area contributed by atoms with Gasteiger partial charge in [-0.1, -0.05) is 196 Å². The van der Waals surface area contributed by atoms with Crippen LogP contribution in [-0.4, -0.2) is 9.97 Å². The quantitative estimate of drug-likeness (QED) is 0.174. The summed E-state index contributed by atoms with van der Waals surface area (Å²) in [5.74, 6) is 0.713. The van der Waals surface area contributed by atoms with E-state index in [-0.39, 0.29) is 10.8 Å². The third kappa shape index (κ3) is 5.22. The van der Waals surface area contributed by atoms with Crippen LogP contribution in [0.1, 0.15) is 48.6 Å². The zero-order valence-corrected chi connectivity index (χ0v) is 34.4. The minimum Gasteiger partial charge on any atom is -0.228 e. The van der Waals surface area contributed by atoms with Crippen LogP contribution in [0.25, 0.3) is 88.8 Å². The number of hydrogen-bond acceptors (Lipinski definition) is 2. The molecule has 2 aliphatic carbocycles. The van der Waals surface area contributed by atoms with Crippen molar-refractivity contribution in [1.29, 1.82) is 0 Å². The third-order valence-corrected chi connectivity index (χ3v) is 13.8. The second-order valence-corrected chi connectivity index (χ2v) is 17.4. The molecular formula is C59H42N2. The number of hydrogen-bond donors (Lipinski definition) is 0. The van der Waals surface area contributed by atoms with E-state index in [1.54, 1.807) is 0 Å². The number of benzene rings is 9. The van der Waals surface area contributed by atoms with E-state index in [4.69, 9.17) is 9.97 Å². The highest BCUT2D eigenvalue weighted by Crippen LogP contribution is 2.56. The van der Waals surface area contributed by atoms with Crippen LogP contribution >= 0.6 is 0 Å². The van der Waals surface area contributed by atoms with Gasteiger partial charge in [0.05, 0.1) is 11.4 Å². The number of rotatable bonds is 5. The average molecular weight is 779 g/mol. The van der Waals surface area contributed by atoms with E-state index in [9.17, 15) is 0 Å². The maximum absolute atomic E-state index is 5.53. The Labute approximate surface area is 356 Å². The molecule has 2 nitrogen and oxygen atoms in total. The number of fused-ring (bicyclic) bond motifs is 9. The summed E-state index contributed by atoms with van der Waals surface area (Å²) in [5, 5.41) is 4.90. The first kappa shape index (κ1) is 35.5. The molecule has 1 atom stereocenters. The Morgan fingerprint density at radius 1 is 0.344 bits per heavy atom. The zero-order chi connectivity index (χ0) is 40.9. The Hall–Kier alpha value is -7.42. The van der Waals surface area contributed by atoms with Gasteiger partial charge in [-0.25, -0.2) is 9.97 Å². The van der Waals surface area contributed by atoms with Crippen molar-refractivity contribution in [2.75, 3.05) is 0 Å². The standard InChI is InChI=1S/C59H42N2/c1-58(2)49-33-30-39(35-48(49)55-42-22-11-10-17-37(42)29-34-51(55)58)41-31-32-45(44-24-13-12-23-43(41)44)57-60-53(38-18-6-4-7-19-38)36-54(61-57)47-26-16-28-52-56(47)46-25-14-15-27-50(46)59(52,3)40-20-8-5-9-21-40/h4-36H,1-3H3. The summed E-state index contributed by atoms with van der Waals surface area (Å²) in [5.41, 5.74) is 18.8. The molecule has 288 valence electrons. The van der Waals surface area contributed by atoms with Gasteiger partial charge in [-0.3, -0.25) is 0 Å². The summed E-state index contributed by atoms with van der Waals surface area (Å²) in [6.45, 7) is 7.09. The van der Waals surface area contributed by atoms with E-state index in [1.807, 2.05) is 0 Å². The molecule has 61 heavy (non-hydrogen) atoms. The predicted octanol–water partition coefficient (Wildman–Crippen LogP) is 15.1. The summed E-state index contributed by atoms with van der Waals surface area (Å²) >= 11 is 0. The largest absolute Gasteiger partial charge is 0.228 e. The lowest BCUT2D eigenvalue weighted by atomic mass is 9.74. The molecule has 0 aliphatic heterocycles. The lowest BCUT2D eigenvalue weighted by molar-refractivity contribution is 0.661. The van der Waals surface area contributed by atoms with Crippen molar-refractivity contribution in [2.24, 2.45) is 0 Å². The van der Waals surface area contributed by atoms with Crippen LogP contribution in [0.5, 0.6) is 0 Å². The first-order valence-corrected chi connectivity index (χ1v) is 21.3. The molecule has 0 radical (unpaired) electrons. The SMILES string of the molecule is CC1(C)c2ccc(-c3ccc(-c4nc(-c5ccccc5)cc(-c5cccc6c5-c5ccccc5C6(C)c5ccccc5)n4)c4ccccc34)cc2-c2c1ccc1ccccc21. The zero-order valence-electron chi connectivity index (χ0n) is 34.4. The van der Waals surface area contributed by atoms with E-state index in [0.717, 1.165) is 33.5 Å². The van der Waals surface area contributed by atoms with Gasteiger partial charge in [0.25, 0.3) is 0 Å². The summed E-state index contributed by atoms with van der Waals surface area (Å²) in [4.78, 5) is 10.9. The monoisotopic (exact) mass is 778 g/mol. The molecule has 1 aromatic heterocycles. The van der Waals surface area contributed by atoms with E-state index in [0.29, 0.717) is 5.82 Å².